The van der Waals surface area contributed by atoms with Crippen molar-refractivity contribution in [1.82, 2.24) is 0 Å². The third-order valence-corrected chi connectivity index (χ3v) is 5.13. The fraction of sp³-hybridized carbons (Fsp3) is 0.0400. The van der Waals surface area contributed by atoms with Crippen LogP contribution in [0.25, 0.3) is 6.08 Å². The van der Waals surface area contributed by atoms with E-state index in [0.717, 1.165) is 5.56 Å². The van der Waals surface area contributed by atoms with Crippen LogP contribution in [-0.2, 0) is 9.59 Å². The summed E-state index contributed by atoms with van der Waals surface area (Å²) < 4.78 is 0. The zero-order valence-corrected chi connectivity index (χ0v) is 16.8. The average molecular weight is 426 g/mol. The minimum absolute atomic E-state index is 0.133. The number of aliphatic hydroxyl groups excluding tert-OH is 1. The topological polar surface area (TPSA) is 101 Å². The predicted octanol–water partition coefficient (Wildman–Crippen LogP) is 4.78. The highest BCUT2D eigenvalue weighted by molar-refractivity contribution is 6.19. The molecule has 0 saturated carbocycles. The molecule has 0 bridgehead atoms. The highest BCUT2D eigenvalue weighted by atomic mass is 16.6. The monoisotopic (exact) mass is 426 g/mol. The Bertz CT molecular complexity index is 1250. The van der Waals surface area contributed by atoms with Crippen molar-refractivity contribution < 1.29 is 19.6 Å². The van der Waals surface area contributed by atoms with E-state index in [-0.39, 0.29) is 11.3 Å². The van der Waals surface area contributed by atoms with E-state index < -0.39 is 28.4 Å². The quantitative estimate of drug-likeness (QED) is 0.347. The molecule has 0 spiro atoms. The number of anilines is 1. The van der Waals surface area contributed by atoms with Gasteiger partial charge in [0.15, 0.2) is 11.5 Å². The average Bonchev–Trinajstić information content (AvgIpc) is 3.09. The SMILES string of the molecule is O=C(/C=C/c1ccccc1)C1=C(O)C(=O)N(c2ccccc2)C1c1cccc([N+](=O)[O-])c1. The highest BCUT2D eigenvalue weighted by Crippen LogP contribution is 2.41. The molecule has 1 atom stereocenters. The van der Waals surface area contributed by atoms with Gasteiger partial charge in [-0.1, -0.05) is 66.7 Å². The third kappa shape index (κ3) is 3.91. The first kappa shape index (κ1) is 20.7. The lowest BCUT2D eigenvalue weighted by Gasteiger charge is -2.26. The maximum Gasteiger partial charge on any atom is 0.294 e. The molecule has 32 heavy (non-hydrogen) atoms. The van der Waals surface area contributed by atoms with Gasteiger partial charge in [0.25, 0.3) is 11.6 Å². The number of rotatable bonds is 6. The Hall–Kier alpha value is -4.52. The van der Waals surface area contributed by atoms with Crippen LogP contribution in [0.3, 0.4) is 0 Å². The number of allylic oxidation sites excluding steroid dienone is 1. The van der Waals surface area contributed by atoms with Crippen molar-refractivity contribution in [2.75, 3.05) is 4.90 Å². The van der Waals surface area contributed by atoms with Crippen LogP contribution in [0.1, 0.15) is 17.2 Å². The van der Waals surface area contributed by atoms with Gasteiger partial charge < -0.3 is 5.11 Å². The van der Waals surface area contributed by atoms with Crippen molar-refractivity contribution in [1.29, 1.82) is 0 Å². The Balaban J connectivity index is 1.82. The summed E-state index contributed by atoms with van der Waals surface area (Å²) >= 11 is 0. The van der Waals surface area contributed by atoms with Crippen molar-refractivity contribution in [2.45, 2.75) is 6.04 Å². The fourth-order valence-corrected chi connectivity index (χ4v) is 3.66. The van der Waals surface area contributed by atoms with Crippen LogP contribution in [0.2, 0.25) is 0 Å². The zero-order valence-electron chi connectivity index (χ0n) is 16.8. The molecule has 1 heterocycles. The molecule has 1 unspecified atom stereocenters. The Labute approximate surface area is 183 Å². The van der Waals surface area contributed by atoms with E-state index in [1.165, 1.54) is 29.2 Å². The number of carbonyl (C=O) groups is 2. The minimum Gasteiger partial charge on any atom is -0.503 e. The molecule has 4 rings (SSSR count). The van der Waals surface area contributed by atoms with E-state index in [2.05, 4.69) is 0 Å². The van der Waals surface area contributed by atoms with Crippen LogP contribution in [0.5, 0.6) is 0 Å². The molecular weight excluding hydrogens is 408 g/mol. The van der Waals surface area contributed by atoms with Crippen molar-refractivity contribution in [3.63, 3.8) is 0 Å². The molecule has 0 fully saturated rings. The maximum atomic E-state index is 13.1. The second-order valence-corrected chi connectivity index (χ2v) is 7.14. The second-order valence-electron chi connectivity index (χ2n) is 7.14. The number of aliphatic hydroxyl groups is 1. The number of para-hydroxylation sites is 1. The second kappa shape index (κ2) is 8.69. The molecule has 7 nitrogen and oxygen atoms in total. The summed E-state index contributed by atoms with van der Waals surface area (Å²) in [5.41, 5.74) is 1.26. The number of nitro benzene ring substituents is 1. The molecule has 1 aliphatic heterocycles. The first-order valence-corrected chi connectivity index (χ1v) is 9.81. The Kier molecular flexibility index (Phi) is 5.63. The van der Waals surface area contributed by atoms with Gasteiger partial charge in [-0.15, -0.1) is 0 Å². The fourth-order valence-electron chi connectivity index (χ4n) is 3.66. The number of carbonyl (C=O) groups excluding carboxylic acids is 2. The maximum absolute atomic E-state index is 13.1. The molecule has 1 aliphatic rings. The van der Waals surface area contributed by atoms with Gasteiger partial charge in [0.05, 0.1) is 16.5 Å². The summed E-state index contributed by atoms with van der Waals surface area (Å²) in [6.45, 7) is 0. The van der Waals surface area contributed by atoms with Gasteiger partial charge in [0.1, 0.15) is 0 Å². The van der Waals surface area contributed by atoms with E-state index in [4.69, 9.17) is 0 Å². The van der Waals surface area contributed by atoms with Gasteiger partial charge >= 0.3 is 0 Å². The van der Waals surface area contributed by atoms with Crippen molar-refractivity contribution >= 4 is 29.1 Å². The number of amides is 1. The number of hydrogen-bond acceptors (Lipinski definition) is 5. The number of hydrogen-bond donors (Lipinski definition) is 1. The van der Waals surface area contributed by atoms with Crippen LogP contribution in [0.4, 0.5) is 11.4 Å². The lowest BCUT2D eigenvalue weighted by atomic mass is 9.95. The van der Waals surface area contributed by atoms with Crippen LogP contribution in [0.15, 0.2) is 102 Å². The van der Waals surface area contributed by atoms with Gasteiger partial charge in [0, 0.05) is 17.8 Å². The van der Waals surface area contributed by atoms with Crippen LogP contribution in [0, 0.1) is 10.1 Å². The predicted molar refractivity (Wildman–Crippen MR) is 120 cm³/mol. The Morgan fingerprint density at radius 2 is 1.62 bits per heavy atom. The summed E-state index contributed by atoms with van der Waals surface area (Å²) in [4.78, 5) is 38.2. The lowest BCUT2D eigenvalue weighted by Crippen LogP contribution is -2.30. The molecule has 158 valence electrons. The van der Waals surface area contributed by atoms with E-state index in [1.807, 2.05) is 30.3 Å². The molecule has 3 aromatic rings. The molecule has 0 aliphatic carbocycles. The minimum atomic E-state index is -1.02. The van der Waals surface area contributed by atoms with Gasteiger partial charge in [0.2, 0.25) is 0 Å². The summed E-state index contributed by atoms with van der Waals surface area (Å²) in [5.74, 6) is -1.98. The van der Waals surface area contributed by atoms with E-state index in [9.17, 15) is 24.8 Å². The van der Waals surface area contributed by atoms with Crippen molar-refractivity contribution in [3.8, 4) is 0 Å². The summed E-state index contributed by atoms with van der Waals surface area (Å²) in [7, 11) is 0. The number of nitrogens with zero attached hydrogens (tertiary/aromatic N) is 2. The Morgan fingerprint density at radius 3 is 2.28 bits per heavy atom. The van der Waals surface area contributed by atoms with Crippen LogP contribution < -0.4 is 4.90 Å². The van der Waals surface area contributed by atoms with E-state index >= 15 is 0 Å². The van der Waals surface area contributed by atoms with E-state index in [1.54, 1.807) is 42.5 Å². The number of ketones is 1. The number of benzene rings is 3. The largest absolute Gasteiger partial charge is 0.503 e. The summed E-state index contributed by atoms with van der Waals surface area (Å²) in [6.07, 6.45) is 2.87. The van der Waals surface area contributed by atoms with Crippen LogP contribution >= 0.6 is 0 Å². The van der Waals surface area contributed by atoms with Crippen molar-refractivity contribution in [2.24, 2.45) is 0 Å². The number of non-ortho nitro benzene ring substituents is 1. The zero-order chi connectivity index (χ0) is 22.7. The smallest absolute Gasteiger partial charge is 0.294 e. The molecule has 0 aromatic heterocycles. The van der Waals surface area contributed by atoms with Gasteiger partial charge in [-0.05, 0) is 29.3 Å². The molecule has 1 amide bonds. The first-order valence-electron chi connectivity index (χ1n) is 9.81. The lowest BCUT2D eigenvalue weighted by molar-refractivity contribution is -0.384. The van der Waals surface area contributed by atoms with E-state index in [0.29, 0.717) is 11.3 Å². The van der Waals surface area contributed by atoms with Crippen LogP contribution in [-0.4, -0.2) is 21.7 Å². The summed E-state index contributed by atoms with van der Waals surface area (Å²) in [6, 6.07) is 22.4. The molecule has 0 saturated heterocycles. The number of nitro groups is 1. The molecule has 3 aromatic carbocycles. The normalized spacial score (nSPS) is 16.1. The van der Waals surface area contributed by atoms with Gasteiger partial charge in [-0.3, -0.25) is 24.6 Å². The molecule has 7 heteroatoms. The molecule has 1 N–H and O–H groups in total. The first-order chi connectivity index (χ1) is 15.5. The standard InChI is InChI=1S/C25H18N2O5/c28-21(15-14-17-8-3-1-4-9-17)22-23(18-10-7-13-20(16-18)27(31)32)26(25(30)24(22)29)19-11-5-2-6-12-19/h1-16,23,29H/b15-14+. The highest BCUT2D eigenvalue weighted by Gasteiger charge is 2.44. The van der Waals surface area contributed by atoms with Gasteiger partial charge in [-0.2, -0.15) is 0 Å². The van der Waals surface area contributed by atoms with Crippen molar-refractivity contribution in [3.05, 3.63) is 124 Å². The molecular formula is C25H18N2O5. The summed E-state index contributed by atoms with van der Waals surface area (Å²) in [5, 5.41) is 22.0. The molecule has 0 radical (unpaired) electrons. The third-order valence-electron chi connectivity index (χ3n) is 5.13. The van der Waals surface area contributed by atoms with Gasteiger partial charge in [-0.25, -0.2) is 0 Å². The Morgan fingerprint density at radius 1 is 0.969 bits per heavy atom.